The molecule has 2 rings (SSSR count). The summed E-state index contributed by atoms with van der Waals surface area (Å²) in [6.07, 6.45) is 1.50. The fourth-order valence-corrected chi connectivity index (χ4v) is 2.09. The number of hydrogen-bond donors (Lipinski definition) is 1. The molecule has 1 N–H and O–H groups in total. The number of aryl methyl sites for hydroxylation is 1. The molecule has 7 heteroatoms. The Morgan fingerprint density at radius 3 is 3.12 bits per heavy atom. The molecule has 1 saturated heterocycles. The van der Waals surface area contributed by atoms with E-state index in [4.69, 9.17) is 0 Å². The van der Waals surface area contributed by atoms with Gasteiger partial charge in [-0.15, -0.1) is 0 Å². The van der Waals surface area contributed by atoms with Crippen LogP contribution < -0.4 is 5.32 Å². The van der Waals surface area contributed by atoms with Gasteiger partial charge in [-0.25, -0.2) is 0 Å². The van der Waals surface area contributed by atoms with Gasteiger partial charge in [0.25, 0.3) is 0 Å². The molecule has 94 valence electrons. The van der Waals surface area contributed by atoms with Crippen LogP contribution in [0.15, 0.2) is 6.33 Å². The Morgan fingerprint density at radius 2 is 2.47 bits per heavy atom. The Kier molecular flexibility index (Phi) is 3.39. The van der Waals surface area contributed by atoms with Crippen molar-refractivity contribution in [3.63, 3.8) is 0 Å². The number of hydrogen-bond acceptors (Lipinski definition) is 5. The molecule has 1 aromatic rings. The third-order valence-corrected chi connectivity index (χ3v) is 3.20. The number of nitrogens with zero attached hydrogens (tertiary/aromatic N) is 4. The van der Waals surface area contributed by atoms with Crippen LogP contribution in [0.25, 0.3) is 0 Å². The van der Waals surface area contributed by atoms with Crippen LogP contribution in [-0.2, 0) is 13.6 Å². The van der Waals surface area contributed by atoms with Crippen LogP contribution >= 0.6 is 0 Å². The van der Waals surface area contributed by atoms with E-state index in [1.165, 1.54) is 6.33 Å². The second-order valence-corrected chi connectivity index (χ2v) is 4.41. The van der Waals surface area contributed by atoms with Gasteiger partial charge in [-0.05, 0) is 16.8 Å². The summed E-state index contributed by atoms with van der Waals surface area (Å²) >= 11 is 0. The normalized spacial score (nSPS) is 21.6. The predicted octanol–water partition coefficient (Wildman–Crippen LogP) is 0.122. The van der Waals surface area contributed by atoms with E-state index < -0.39 is 4.92 Å². The zero-order valence-corrected chi connectivity index (χ0v) is 10.1. The average Bonchev–Trinajstić information content (AvgIpc) is 2.64. The Bertz CT molecular complexity index is 417. The summed E-state index contributed by atoms with van der Waals surface area (Å²) in [5.41, 5.74) is 0.670. The van der Waals surface area contributed by atoms with Gasteiger partial charge in [0.15, 0.2) is 0 Å². The Balaban J connectivity index is 2.17. The lowest BCUT2D eigenvalue weighted by Crippen LogP contribution is -2.49. The predicted molar refractivity (Wildman–Crippen MR) is 62.6 cm³/mol. The van der Waals surface area contributed by atoms with Gasteiger partial charge in [0, 0.05) is 39.3 Å². The number of nitro groups is 1. The molecule has 1 aliphatic rings. The molecule has 0 spiro atoms. The number of rotatable bonds is 3. The molecular weight excluding hydrogens is 222 g/mol. The molecule has 0 aromatic carbocycles. The highest BCUT2D eigenvalue weighted by Gasteiger charge is 2.25. The van der Waals surface area contributed by atoms with Crippen LogP contribution in [-0.4, -0.2) is 45.1 Å². The van der Waals surface area contributed by atoms with E-state index in [2.05, 4.69) is 22.1 Å². The van der Waals surface area contributed by atoms with Crippen molar-refractivity contribution in [2.75, 3.05) is 19.6 Å². The number of piperazine rings is 1. The van der Waals surface area contributed by atoms with Crippen LogP contribution in [0, 0.1) is 10.1 Å². The van der Waals surface area contributed by atoms with Gasteiger partial charge in [0.1, 0.15) is 5.69 Å². The second kappa shape index (κ2) is 4.80. The summed E-state index contributed by atoms with van der Waals surface area (Å²) in [6, 6.07) is 0.387. The molecule has 0 aliphatic carbocycles. The van der Waals surface area contributed by atoms with E-state index in [0.29, 0.717) is 18.3 Å². The molecule has 1 aliphatic heterocycles. The van der Waals surface area contributed by atoms with Gasteiger partial charge in [-0.2, -0.15) is 0 Å². The summed E-state index contributed by atoms with van der Waals surface area (Å²) in [5.74, 6) is -0.0294. The third-order valence-electron chi connectivity index (χ3n) is 3.20. The standard InChI is InChI=1S/C10H17N5O2/c1-8-5-11-3-4-14(8)6-9-10(15(16)17)12-7-13(9)2/h7-8,11H,3-6H2,1-2H3/t8-/m1/s1. The Morgan fingerprint density at radius 1 is 1.71 bits per heavy atom. The van der Waals surface area contributed by atoms with Crippen molar-refractivity contribution in [1.29, 1.82) is 0 Å². The highest BCUT2D eigenvalue weighted by molar-refractivity contribution is 5.26. The number of aromatic nitrogens is 2. The fourth-order valence-electron chi connectivity index (χ4n) is 2.09. The molecule has 0 unspecified atom stereocenters. The topological polar surface area (TPSA) is 76.2 Å². The first-order chi connectivity index (χ1) is 8.09. The lowest BCUT2D eigenvalue weighted by Gasteiger charge is -2.33. The minimum Gasteiger partial charge on any atom is -0.358 e. The zero-order valence-electron chi connectivity index (χ0n) is 10.1. The molecule has 1 aromatic heterocycles. The Hall–Kier alpha value is -1.47. The molecular formula is C10H17N5O2. The lowest BCUT2D eigenvalue weighted by molar-refractivity contribution is -0.390. The summed E-state index contributed by atoms with van der Waals surface area (Å²) in [7, 11) is 1.79. The molecule has 0 saturated carbocycles. The summed E-state index contributed by atoms with van der Waals surface area (Å²) in [4.78, 5) is 16.5. The number of imidazole rings is 1. The monoisotopic (exact) mass is 239 g/mol. The SMILES string of the molecule is C[C@@H]1CNCCN1Cc1c([N+](=O)[O-])ncn1C. The molecule has 7 nitrogen and oxygen atoms in total. The van der Waals surface area contributed by atoms with Crippen LogP contribution in [0.4, 0.5) is 5.82 Å². The van der Waals surface area contributed by atoms with Crippen molar-refractivity contribution in [2.45, 2.75) is 19.5 Å². The summed E-state index contributed by atoms with van der Waals surface area (Å²) < 4.78 is 1.73. The molecule has 0 amide bonds. The first kappa shape index (κ1) is 12.0. The Labute approximate surface area is 99.6 Å². The third kappa shape index (κ3) is 2.45. The van der Waals surface area contributed by atoms with E-state index in [9.17, 15) is 10.1 Å². The minimum atomic E-state index is -0.414. The largest absolute Gasteiger partial charge is 0.386 e. The summed E-state index contributed by atoms with van der Waals surface area (Å²) in [6.45, 7) is 5.45. The van der Waals surface area contributed by atoms with Crippen LogP contribution in [0.1, 0.15) is 12.6 Å². The molecule has 17 heavy (non-hydrogen) atoms. The highest BCUT2D eigenvalue weighted by atomic mass is 16.6. The van der Waals surface area contributed by atoms with Gasteiger partial charge in [0.05, 0.1) is 0 Å². The molecule has 2 heterocycles. The van der Waals surface area contributed by atoms with Crippen molar-refractivity contribution in [1.82, 2.24) is 19.8 Å². The zero-order chi connectivity index (χ0) is 12.4. The van der Waals surface area contributed by atoms with Crippen LogP contribution in [0.5, 0.6) is 0 Å². The summed E-state index contributed by atoms with van der Waals surface area (Å²) in [5, 5.41) is 14.2. The highest BCUT2D eigenvalue weighted by Crippen LogP contribution is 2.18. The van der Waals surface area contributed by atoms with Crippen molar-refractivity contribution < 1.29 is 4.92 Å². The lowest BCUT2D eigenvalue weighted by atomic mass is 10.2. The van der Waals surface area contributed by atoms with Crippen molar-refractivity contribution in [3.05, 3.63) is 22.1 Å². The minimum absolute atomic E-state index is 0.0294. The molecule has 1 atom stereocenters. The van der Waals surface area contributed by atoms with E-state index in [1.807, 2.05) is 0 Å². The second-order valence-electron chi connectivity index (χ2n) is 4.41. The van der Waals surface area contributed by atoms with Crippen LogP contribution in [0.2, 0.25) is 0 Å². The number of nitrogens with one attached hydrogen (secondary N) is 1. The van der Waals surface area contributed by atoms with Gasteiger partial charge >= 0.3 is 5.82 Å². The van der Waals surface area contributed by atoms with Gasteiger partial charge in [0.2, 0.25) is 6.33 Å². The van der Waals surface area contributed by atoms with Gasteiger partial charge < -0.3 is 20.0 Å². The fraction of sp³-hybridized carbons (Fsp3) is 0.700. The smallest absolute Gasteiger partial charge is 0.358 e. The van der Waals surface area contributed by atoms with Crippen molar-refractivity contribution in [2.24, 2.45) is 7.05 Å². The first-order valence-electron chi connectivity index (χ1n) is 5.69. The van der Waals surface area contributed by atoms with Gasteiger partial charge in [-0.3, -0.25) is 4.90 Å². The van der Waals surface area contributed by atoms with Crippen molar-refractivity contribution >= 4 is 5.82 Å². The van der Waals surface area contributed by atoms with Gasteiger partial charge in [-0.1, -0.05) is 0 Å². The van der Waals surface area contributed by atoms with E-state index >= 15 is 0 Å². The van der Waals surface area contributed by atoms with E-state index in [-0.39, 0.29) is 5.82 Å². The van der Waals surface area contributed by atoms with E-state index in [0.717, 1.165) is 19.6 Å². The molecule has 0 bridgehead atoms. The van der Waals surface area contributed by atoms with Crippen LogP contribution in [0.3, 0.4) is 0 Å². The average molecular weight is 239 g/mol. The van der Waals surface area contributed by atoms with E-state index in [1.54, 1.807) is 11.6 Å². The first-order valence-corrected chi connectivity index (χ1v) is 5.69. The maximum Gasteiger partial charge on any atom is 0.386 e. The maximum atomic E-state index is 10.9. The quantitative estimate of drug-likeness (QED) is 0.599. The molecule has 1 fully saturated rings. The maximum absolute atomic E-state index is 10.9. The molecule has 0 radical (unpaired) electrons. The van der Waals surface area contributed by atoms with Crippen molar-refractivity contribution in [3.8, 4) is 0 Å².